The van der Waals surface area contributed by atoms with E-state index < -0.39 is 0 Å². The lowest BCUT2D eigenvalue weighted by Gasteiger charge is -2.05. The second kappa shape index (κ2) is 3.49. The molecule has 0 N–H and O–H groups in total. The van der Waals surface area contributed by atoms with Crippen LogP contribution < -0.4 is 0 Å². The predicted molar refractivity (Wildman–Crippen MR) is 60.5 cm³/mol. The third kappa shape index (κ3) is 1.24. The zero-order valence-electron chi connectivity index (χ0n) is 9.09. The fraction of sp³-hybridized carbons (Fsp3) is 0.385. The molecular formula is C13H16N. The SMILES string of the molecule is CCCn1c(C)c(C)c2[c]cccc21. The lowest BCUT2D eigenvalue weighted by atomic mass is 10.2. The first-order valence-electron chi connectivity index (χ1n) is 5.21. The minimum atomic E-state index is 1.11. The molecule has 0 aliphatic rings. The summed E-state index contributed by atoms with van der Waals surface area (Å²) in [6.07, 6.45) is 1.18. The van der Waals surface area contributed by atoms with Crippen LogP contribution in [0, 0.1) is 19.9 Å². The molecule has 1 aromatic heterocycles. The molecule has 0 saturated carbocycles. The molecule has 0 aliphatic carbocycles. The Kier molecular flexibility index (Phi) is 2.32. The Hall–Kier alpha value is -1.24. The second-order valence-electron chi connectivity index (χ2n) is 3.79. The number of rotatable bonds is 2. The molecule has 2 rings (SSSR count). The van der Waals surface area contributed by atoms with Gasteiger partial charge in [0, 0.05) is 23.1 Å². The molecular weight excluding hydrogens is 170 g/mol. The third-order valence-corrected chi connectivity index (χ3v) is 2.89. The van der Waals surface area contributed by atoms with Gasteiger partial charge in [-0.25, -0.2) is 0 Å². The van der Waals surface area contributed by atoms with E-state index in [9.17, 15) is 0 Å². The van der Waals surface area contributed by atoms with Crippen molar-refractivity contribution in [3.8, 4) is 0 Å². The van der Waals surface area contributed by atoms with Crippen LogP contribution in [0.4, 0.5) is 0 Å². The molecule has 1 aromatic carbocycles. The van der Waals surface area contributed by atoms with Gasteiger partial charge in [0.05, 0.1) is 0 Å². The highest BCUT2D eigenvalue weighted by Gasteiger charge is 2.08. The fourth-order valence-electron chi connectivity index (χ4n) is 2.03. The molecule has 1 heterocycles. The highest BCUT2D eigenvalue weighted by molar-refractivity contribution is 5.84. The van der Waals surface area contributed by atoms with E-state index in [2.05, 4.69) is 43.5 Å². The van der Waals surface area contributed by atoms with Gasteiger partial charge in [0.15, 0.2) is 0 Å². The zero-order chi connectivity index (χ0) is 10.1. The molecule has 0 spiro atoms. The molecule has 0 saturated heterocycles. The maximum atomic E-state index is 3.32. The van der Waals surface area contributed by atoms with E-state index in [-0.39, 0.29) is 0 Å². The number of hydrogen-bond donors (Lipinski definition) is 0. The van der Waals surface area contributed by atoms with Gasteiger partial charge in [0.25, 0.3) is 0 Å². The smallest absolute Gasteiger partial charge is 0.0491 e. The van der Waals surface area contributed by atoms with Crippen molar-refractivity contribution in [1.29, 1.82) is 0 Å². The highest BCUT2D eigenvalue weighted by atomic mass is 15.0. The van der Waals surface area contributed by atoms with Gasteiger partial charge in [-0.1, -0.05) is 19.1 Å². The number of aryl methyl sites for hydroxylation is 2. The number of hydrogen-bond acceptors (Lipinski definition) is 0. The van der Waals surface area contributed by atoms with Crippen molar-refractivity contribution < 1.29 is 0 Å². The van der Waals surface area contributed by atoms with Gasteiger partial charge in [-0.3, -0.25) is 0 Å². The molecule has 0 unspecified atom stereocenters. The first-order valence-corrected chi connectivity index (χ1v) is 5.21. The first kappa shape index (κ1) is 9.32. The van der Waals surface area contributed by atoms with Crippen LogP contribution in [0.15, 0.2) is 18.2 Å². The number of aromatic nitrogens is 1. The summed E-state index contributed by atoms with van der Waals surface area (Å²) in [7, 11) is 0. The van der Waals surface area contributed by atoms with Crippen LogP contribution in [-0.4, -0.2) is 4.57 Å². The molecule has 0 aliphatic heterocycles. The monoisotopic (exact) mass is 186 g/mol. The van der Waals surface area contributed by atoms with E-state index in [4.69, 9.17) is 0 Å². The summed E-state index contributed by atoms with van der Waals surface area (Å²) < 4.78 is 2.39. The zero-order valence-corrected chi connectivity index (χ0v) is 9.09. The summed E-state index contributed by atoms with van der Waals surface area (Å²) in [5.74, 6) is 0. The summed E-state index contributed by atoms with van der Waals surface area (Å²) in [4.78, 5) is 0. The molecule has 73 valence electrons. The maximum Gasteiger partial charge on any atom is 0.0491 e. The number of nitrogens with zero attached hydrogens (tertiary/aromatic N) is 1. The largest absolute Gasteiger partial charge is 0.345 e. The Morgan fingerprint density at radius 1 is 1.36 bits per heavy atom. The van der Waals surface area contributed by atoms with E-state index in [1.165, 1.54) is 28.6 Å². The fourth-order valence-corrected chi connectivity index (χ4v) is 2.03. The van der Waals surface area contributed by atoms with Crippen LogP contribution >= 0.6 is 0 Å². The Morgan fingerprint density at radius 2 is 2.14 bits per heavy atom. The minimum absolute atomic E-state index is 1.11. The van der Waals surface area contributed by atoms with Gasteiger partial charge >= 0.3 is 0 Å². The summed E-state index contributed by atoms with van der Waals surface area (Å²) in [5, 5.41) is 1.28. The van der Waals surface area contributed by atoms with Gasteiger partial charge in [-0.2, -0.15) is 0 Å². The van der Waals surface area contributed by atoms with Crippen molar-refractivity contribution in [1.82, 2.24) is 4.57 Å². The summed E-state index contributed by atoms with van der Waals surface area (Å²) in [6.45, 7) is 7.69. The van der Waals surface area contributed by atoms with E-state index in [1.54, 1.807) is 0 Å². The van der Waals surface area contributed by atoms with Gasteiger partial charge in [0.1, 0.15) is 0 Å². The van der Waals surface area contributed by atoms with Crippen molar-refractivity contribution in [2.75, 3.05) is 0 Å². The topological polar surface area (TPSA) is 4.93 Å². The van der Waals surface area contributed by atoms with E-state index in [1.807, 2.05) is 6.07 Å². The van der Waals surface area contributed by atoms with Crippen molar-refractivity contribution in [2.24, 2.45) is 0 Å². The molecule has 1 radical (unpaired) electrons. The third-order valence-electron chi connectivity index (χ3n) is 2.89. The number of benzene rings is 1. The lowest BCUT2D eigenvalue weighted by molar-refractivity contribution is 0.684. The minimum Gasteiger partial charge on any atom is -0.345 e. The van der Waals surface area contributed by atoms with Gasteiger partial charge < -0.3 is 4.57 Å². The second-order valence-corrected chi connectivity index (χ2v) is 3.79. The van der Waals surface area contributed by atoms with Gasteiger partial charge in [0.2, 0.25) is 0 Å². The van der Waals surface area contributed by atoms with Crippen molar-refractivity contribution in [3.63, 3.8) is 0 Å². The first-order chi connectivity index (χ1) is 6.75. The van der Waals surface area contributed by atoms with Crippen molar-refractivity contribution in [3.05, 3.63) is 35.5 Å². The average Bonchev–Trinajstić information content (AvgIpc) is 2.45. The Labute approximate surface area is 85.4 Å². The molecule has 14 heavy (non-hydrogen) atoms. The van der Waals surface area contributed by atoms with Crippen LogP contribution in [0.3, 0.4) is 0 Å². The Bertz CT molecular complexity index is 451. The maximum absolute atomic E-state index is 3.32. The van der Waals surface area contributed by atoms with Gasteiger partial charge in [-0.15, -0.1) is 0 Å². The van der Waals surface area contributed by atoms with E-state index in [0.717, 1.165) is 6.54 Å². The number of fused-ring (bicyclic) bond motifs is 1. The molecule has 0 atom stereocenters. The molecule has 0 amide bonds. The molecule has 1 heteroatoms. The van der Waals surface area contributed by atoms with E-state index >= 15 is 0 Å². The van der Waals surface area contributed by atoms with E-state index in [0.29, 0.717) is 0 Å². The highest BCUT2D eigenvalue weighted by Crippen LogP contribution is 2.24. The molecule has 2 aromatic rings. The van der Waals surface area contributed by atoms with Crippen LogP contribution in [-0.2, 0) is 6.54 Å². The summed E-state index contributed by atoms with van der Waals surface area (Å²) in [5.41, 5.74) is 4.07. The van der Waals surface area contributed by atoms with Crippen LogP contribution in [0.1, 0.15) is 24.6 Å². The van der Waals surface area contributed by atoms with Crippen LogP contribution in [0.2, 0.25) is 0 Å². The van der Waals surface area contributed by atoms with Crippen molar-refractivity contribution >= 4 is 10.9 Å². The van der Waals surface area contributed by atoms with Crippen LogP contribution in [0.25, 0.3) is 10.9 Å². The van der Waals surface area contributed by atoms with Gasteiger partial charge in [-0.05, 0) is 38.0 Å². The lowest BCUT2D eigenvalue weighted by Crippen LogP contribution is -1.98. The average molecular weight is 186 g/mol. The predicted octanol–water partition coefficient (Wildman–Crippen LogP) is 3.47. The summed E-state index contributed by atoms with van der Waals surface area (Å²) in [6, 6.07) is 9.55. The Balaban J connectivity index is 2.74. The normalized spacial score (nSPS) is 11.1. The Morgan fingerprint density at radius 3 is 2.86 bits per heavy atom. The molecule has 0 fully saturated rings. The quantitative estimate of drug-likeness (QED) is 0.676. The molecule has 0 bridgehead atoms. The van der Waals surface area contributed by atoms with Crippen LogP contribution in [0.5, 0.6) is 0 Å². The molecule has 1 nitrogen and oxygen atoms in total. The van der Waals surface area contributed by atoms with Crippen molar-refractivity contribution in [2.45, 2.75) is 33.7 Å². The summed E-state index contributed by atoms with van der Waals surface area (Å²) >= 11 is 0. The standard InChI is InChI=1S/C13H16N/c1-4-9-14-11(3)10(2)12-7-5-6-8-13(12)14/h5-6,8H,4,9H2,1-3H3.